The van der Waals surface area contributed by atoms with Crippen molar-refractivity contribution in [1.82, 2.24) is 0 Å². The van der Waals surface area contributed by atoms with Crippen molar-refractivity contribution in [3.63, 3.8) is 0 Å². The van der Waals surface area contributed by atoms with Gasteiger partial charge in [0.05, 0.1) is 0 Å². The molecule has 0 aromatic carbocycles. The molecular weight excluding hydrogens is 258 g/mol. The Kier molecular flexibility index (Phi) is 10.8. The largest absolute Gasteiger partial charge is 0.503 e. The first-order valence-electron chi connectivity index (χ1n) is 7.73. The summed E-state index contributed by atoms with van der Waals surface area (Å²) in [4.78, 5) is 0. The van der Waals surface area contributed by atoms with Crippen LogP contribution in [-0.4, -0.2) is 34.7 Å². The third-order valence-electron chi connectivity index (χ3n) is 3.27. The summed E-state index contributed by atoms with van der Waals surface area (Å²) in [5.41, 5.74) is 6.39. The highest BCUT2D eigenvalue weighted by Gasteiger charge is 2.46. The van der Waals surface area contributed by atoms with E-state index in [-0.39, 0.29) is 6.04 Å². The van der Waals surface area contributed by atoms with E-state index in [2.05, 4.69) is 13.8 Å². The van der Waals surface area contributed by atoms with Gasteiger partial charge in [0.15, 0.2) is 0 Å². The molecule has 0 saturated heterocycles. The van der Waals surface area contributed by atoms with E-state index in [0.717, 1.165) is 25.7 Å². The van der Waals surface area contributed by atoms with Crippen LogP contribution >= 0.6 is 0 Å². The van der Waals surface area contributed by atoms with Crippen molar-refractivity contribution in [2.45, 2.75) is 71.9 Å². The van der Waals surface area contributed by atoms with Gasteiger partial charge in [-0.25, -0.2) is 0 Å². The van der Waals surface area contributed by atoms with Crippen molar-refractivity contribution in [3.05, 3.63) is 0 Å². The van der Waals surface area contributed by atoms with E-state index in [9.17, 15) is 0 Å². The van der Waals surface area contributed by atoms with E-state index in [1.165, 1.54) is 0 Å². The quantitative estimate of drug-likeness (QED) is 0.560. The van der Waals surface area contributed by atoms with E-state index >= 15 is 0 Å². The van der Waals surface area contributed by atoms with Crippen LogP contribution in [0.1, 0.15) is 60.3 Å². The maximum Gasteiger partial charge on any atom is 0.503 e. The van der Waals surface area contributed by atoms with Crippen LogP contribution in [0.25, 0.3) is 0 Å². The summed E-state index contributed by atoms with van der Waals surface area (Å²) in [5, 5.41) is 0. The van der Waals surface area contributed by atoms with E-state index < -0.39 is 8.80 Å². The Bertz CT molecular complexity index is 200. The van der Waals surface area contributed by atoms with Gasteiger partial charge in [-0.15, -0.1) is 0 Å². The molecule has 2 N–H and O–H groups in total. The molecule has 116 valence electrons. The van der Waals surface area contributed by atoms with Crippen LogP contribution in [0, 0.1) is 0 Å². The molecule has 2 atom stereocenters. The minimum atomic E-state index is -2.54. The van der Waals surface area contributed by atoms with E-state index in [1.807, 2.05) is 20.8 Å². The zero-order valence-electron chi connectivity index (χ0n) is 13.4. The molecule has 0 radical (unpaired) electrons. The first kappa shape index (κ1) is 19.1. The summed E-state index contributed by atoms with van der Waals surface area (Å²) in [6.07, 6.45) is 4.24. The molecule has 0 aliphatic heterocycles. The Morgan fingerprint density at radius 1 is 0.842 bits per heavy atom. The summed E-state index contributed by atoms with van der Waals surface area (Å²) in [6, 6.07) is 0.282. The van der Waals surface area contributed by atoms with Crippen molar-refractivity contribution >= 4 is 8.80 Å². The highest BCUT2D eigenvalue weighted by atomic mass is 28.4. The van der Waals surface area contributed by atoms with Crippen LogP contribution in [0.4, 0.5) is 0 Å². The van der Waals surface area contributed by atoms with Gasteiger partial charge in [-0.05, 0) is 40.0 Å². The van der Waals surface area contributed by atoms with E-state index in [0.29, 0.717) is 25.4 Å². The summed E-state index contributed by atoms with van der Waals surface area (Å²) in [5.74, 6) is 0. The van der Waals surface area contributed by atoms with Gasteiger partial charge in [0.25, 0.3) is 0 Å². The molecule has 0 saturated carbocycles. The topological polar surface area (TPSA) is 53.7 Å². The smallest absolute Gasteiger partial charge is 0.374 e. The zero-order chi connectivity index (χ0) is 14.7. The molecule has 0 aromatic heterocycles. The molecule has 0 rings (SSSR count). The van der Waals surface area contributed by atoms with Gasteiger partial charge in [-0.1, -0.05) is 20.3 Å². The third kappa shape index (κ3) is 6.86. The summed E-state index contributed by atoms with van der Waals surface area (Å²) in [7, 11) is -2.54. The Morgan fingerprint density at radius 2 is 1.32 bits per heavy atom. The normalized spacial score (nSPS) is 15.5. The van der Waals surface area contributed by atoms with Gasteiger partial charge in [0, 0.05) is 31.4 Å². The maximum atomic E-state index is 6.09. The van der Waals surface area contributed by atoms with Crippen LogP contribution in [-0.2, 0) is 13.3 Å². The van der Waals surface area contributed by atoms with Gasteiger partial charge < -0.3 is 19.0 Å². The lowest BCUT2D eigenvalue weighted by Crippen LogP contribution is -2.49. The molecule has 0 aliphatic carbocycles. The van der Waals surface area contributed by atoms with Crippen LogP contribution < -0.4 is 5.73 Å². The maximum absolute atomic E-state index is 6.09. The lowest BCUT2D eigenvalue weighted by Gasteiger charge is -2.33. The van der Waals surface area contributed by atoms with Gasteiger partial charge >= 0.3 is 8.80 Å². The summed E-state index contributed by atoms with van der Waals surface area (Å²) in [6.45, 7) is 12.2. The molecule has 4 nitrogen and oxygen atoms in total. The summed E-state index contributed by atoms with van der Waals surface area (Å²) < 4.78 is 17.8. The minimum absolute atomic E-state index is 0.282. The fourth-order valence-corrected chi connectivity index (χ4v) is 5.14. The molecule has 0 fully saturated rings. The Morgan fingerprint density at radius 3 is 1.68 bits per heavy atom. The summed E-state index contributed by atoms with van der Waals surface area (Å²) >= 11 is 0. The van der Waals surface area contributed by atoms with Crippen LogP contribution in [0.3, 0.4) is 0 Å². The second kappa shape index (κ2) is 10.8. The van der Waals surface area contributed by atoms with Crippen LogP contribution in [0.15, 0.2) is 0 Å². The van der Waals surface area contributed by atoms with Crippen molar-refractivity contribution in [3.8, 4) is 0 Å². The van der Waals surface area contributed by atoms with Crippen LogP contribution in [0.5, 0.6) is 0 Å². The van der Waals surface area contributed by atoms with Crippen molar-refractivity contribution < 1.29 is 13.3 Å². The number of rotatable bonds is 12. The SMILES string of the molecule is CCCC(N)CCC(C)[Si](OCC)(OCC)OCC. The molecule has 0 amide bonds. The number of hydrogen-bond acceptors (Lipinski definition) is 4. The van der Waals surface area contributed by atoms with Gasteiger partial charge in [-0.2, -0.15) is 0 Å². The molecule has 5 heteroatoms. The molecule has 19 heavy (non-hydrogen) atoms. The van der Waals surface area contributed by atoms with E-state index in [4.69, 9.17) is 19.0 Å². The molecule has 0 heterocycles. The fraction of sp³-hybridized carbons (Fsp3) is 1.00. The monoisotopic (exact) mass is 291 g/mol. The molecule has 0 aliphatic rings. The first-order chi connectivity index (χ1) is 9.06. The van der Waals surface area contributed by atoms with Crippen molar-refractivity contribution in [2.75, 3.05) is 19.8 Å². The molecule has 0 aromatic rings. The van der Waals surface area contributed by atoms with Crippen molar-refractivity contribution in [2.24, 2.45) is 5.73 Å². The molecule has 0 spiro atoms. The van der Waals surface area contributed by atoms with Gasteiger partial charge in [0.2, 0.25) is 0 Å². The first-order valence-corrected chi connectivity index (χ1v) is 9.53. The Balaban J connectivity index is 4.54. The average Bonchev–Trinajstić information content (AvgIpc) is 2.37. The number of nitrogens with two attached hydrogens (primary N) is 1. The molecule has 0 bridgehead atoms. The second-order valence-electron chi connectivity index (χ2n) is 4.93. The average molecular weight is 292 g/mol. The van der Waals surface area contributed by atoms with Crippen molar-refractivity contribution in [1.29, 1.82) is 0 Å². The zero-order valence-corrected chi connectivity index (χ0v) is 14.4. The van der Waals surface area contributed by atoms with E-state index in [1.54, 1.807) is 0 Å². The highest BCUT2D eigenvalue weighted by Crippen LogP contribution is 2.30. The standard InChI is InChI=1S/C14H33NO3Si/c1-6-10-14(15)12-11-13(5)19(16-7-2,17-8-3)18-9-4/h13-14H,6-12,15H2,1-5H3. The fourth-order valence-electron chi connectivity index (χ4n) is 2.31. The number of hydrogen-bond donors (Lipinski definition) is 1. The lowest BCUT2D eigenvalue weighted by atomic mass is 10.1. The van der Waals surface area contributed by atoms with Gasteiger partial charge in [0.1, 0.15) is 0 Å². The predicted octanol–water partition coefficient (Wildman–Crippen LogP) is 3.33. The molecule has 2 unspecified atom stereocenters. The highest BCUT2D eigenvalue weighted by molar-refractivity contribution is 6.62. The second-order valence-corrected chi connectivity index (χ2v) is 7.99. The Labute approximate surface area is 120 Å². The third-order valence-corrected chi connectivity index (χ3v) is 6.84. The predicted molar refractivity (Wildman–Crippen MR) is 82.2 cm³/mol. The minimum Gasteiger partial charge on any atom is -0.374 e. The lowest BCUT2D eigenvalue weighted by molar-refractivity contribution is 0.0611. The van der Waals surface area contributed by atoms with Gasteiger partial charge in [-0.3, -0.25) is 0 Å². The molecular formula is C14H33NO3Si. The van der Waals surface area contributed by atoms with Crippen LogP contribution in [0.2, 0.25) is 5.54 Å². The Hall–Kier alpha value is 0.0569.